The second kappa shape index (κ2) is 15.8. The zero-order chi connectivity index (χ0) is 35.1. The first-order valence-electron chi connectivity index (χ1n) is 16.9. The molecule has 3 amide bonds. The number of rotatable bonds is 13. The Morgan fingerprint density at radius 2 is 1.40 bits per heavy atom. The van der Waals surface area contributed by atoms with E-state index in [9.17, 15) is 19.2 Å². The van der Waals surface area contributed by atoms with Gasteiger partial charge in [-0.2, -0.15) is 0 Å². The summed E-state index contributed by atoms with van der Waals surface area (Å²) < 4.78 is 11.3. The Morgan fingerprint density at radius 3 is 1.89 bits per heavy atom. The van der Waals surface area contributed by atoms with Gasteiger partial charge in [0, 0.05) is 12.5 Å². The Balaban J connectivity index is 2.07. The summed E-state index contributed by atoms with van der Waals surface area (Å²) in [7, 11) is 0. The zero-order valence-corrected chi connectivity index (χ0v) is 29.9. The van der Waals surface area contributed by atoms with Gasteiger partial charge in [-0.25, -0.2) is 9.59 Å². The van der Waals surface area contributed by atoms with Crippen LogP contribution in [0.1, 0.15) is 105 Å². The van der Waals surface area contributed by atoms with Crippen LogP contribution in [-0.2, 0) is 36.7 Å². The van der Waals surface area contributed by atoms with Crippen molar-refractivity contribution in [1.29, 1.82) is 0 Å². The Kier molecular flexibility index (Phi) is 12.6. The van der Waals surface area contributed by atoms with Gasteiger partial charge < -0.3 is 25.0 Å². The average molecular weight is 650 g/mol. The summed E-state index contributed by atoms with van der Waals surface area (Å²) in [5.41, 5.74) is 1.05. The smallest absolute Gasteiger partial charge is 0.408 e. The normalized spacial score (nSPS) is 18.0. The summed E-state index contributed by atoms with van der Waals surface area (Å²) in [5, 5.41) is 5.79. The Bertz CT molecular complexity index is 1360. The molecule has 2 aromatic carbocycles. The molecule has 0 spiro atoms. The first kappa shape index (κ1) is 37.6. The topological polar surface area (TPSA) is 114 Å². The van der Waals surface area contributed by atoms with E-state index in [0.717, 1.165) is 17.5 Å². The van der Waals surface area contributed by atoms with Crippen LogP contribution >= 0.6 is 0 Å². The van der Waals surface area contributed by atoms with Crippen molar-refractivity contribution < 1.29 is 28.7 Å². The fraction of sp³-hybridized carbons (Fsp3) is 0.579. The first-order chi connectivity index (χ1) is 21.9. The molecule has 0 radical (unpaired) electrons. The van der Waals surface area contributed by atoms with Crippen molar-refractivity contribution in [2.45, 2.75) is 130 Å². The number of carbonyl (C=O) groups is 4. The fourth-order valence-corrected chi connectivity index (χ4v) is 5.54. The molecule has 3 rings (SSSR count). The van der Waals surface area contributed by atoms with E-state index in [1.165, 1.54) is 0 Å². The lowest BCUT2D eigenvalue weighted by Gasteiger charge is -2.36. The third-order valence-corrected chi connectivity index (χ3v) is 7.90. The van der Waals surface area contributed by atoms with Crippen LogP contribution in [0.5, 0.6) is 0 Å². The average Bonchev–Trinajstić information content (AvgIpc) is 3.68. The van der Waals surface area contributed by atoms with E-state index in [2.05, 4.69) is 17.6 Å². The van der Waals surface area contributed by atoms with Crippen molar-refractivity contribution in [2.75, 3.05) is 0 Å². The maximum Gasteiger partial charge on any atom is 0.408 e. The molecule has 0 aliphatic heterocycles. The molecule has 258 valence electrons. The quantitative estimate of drug-likeness (QED) is 0.239. The van der Waals surface area contributed by atoms with Crippen LogP contribution in [0.4, 0.5) is 4.79 Å². The SMILES string of the molecule is CCc1ccc(C(C(=O)NC(Cc2ccccc2)C(=O)OC(C)(C)C)N(C(=O)C(CC(C)C)NC(=O)OC(C)(C)C)C2CC2C)cc1. The van der Waals surface area contributed by atoms with Gasteiger partial charge in [-0.3, -0.25) is 9.59 Å². The fourth-order valence-electron chi connectivity index (χ4n) is 5.54. The van der Waals surface area contributed by atoms with Crippen molar-refractivity contribution in [1.82, 2.24) is 15.5 Å². The van der Waals surface area contributed by atoms with Crippen LogP contribution in [0.15, 0.2) is 54.6 Å². The van der Waals surface area contributed by atoms with E-state index >= 15 is 0 Å². The summed E-state index contributed by atoms with van der Waals surface area (Å²) in [6.07, 6.45) is 1.40. The number of amides is 3. The van der Waals surface area contributed by atoms with E-state index in [-0.39, 0.29) is 30.2 Å². The molecule has 0 bridgehead atoms. The number of alkyl carbamates (subject to hydrolysis) is 1. The Hall–Kier alpha value is -3.88. The number of ether oxygens (including phenoxy) is 2. The summed E-state index contributed by atoms with van der Waals surface area (Å²) >= 11 is 0. The number of carbonyl (C=O) groups excluding carboxylic acids is 4. The van der Waals surface area contributed by atoms with E-state index in [0.29, 0.717) is 18.4 Å². The highest BCUT2D eigenvalue weighted by molar-refractivity contribution is 5.94. The van der Waals surface area contributed by atoms with Gasteiger partial charge in [0.25, 0.3) is 0 Å². The van der Waals surface area contributed by atoms with Crippen LogP contribution in [0, 0.1) is 11.8 Å². The molecule has 5 atom stereocenters. The molecule has 9 heteroatoms. The molecule has 0 heterocycles. The molecule has 2 aromatic rings. The lowest BCUT2D eigenvalue weighted by molar-refractivity contribution is -0.159. The van der Waals surface area contributed by atoms with Gasteiger partial charge in [0.2, 0.25) is 11.8 Å². The highest BCUT2D eigenvalue weighted by atomic mass is 16.6. The lowest BCUT2D eigenvalue weighted by atomic mass is 9.97. The monoisotopic (exact) mass is 649 g/mol. The molecular weight excluding hydrogens is 594 g/mol. The summed E-state index contributed by atoms with van der Waals surface area (Å²) in [6, 6.07) is 13.9. The van der Waals surface area contributed by atoms with Crippen LogP contribution in [0.3, 0.4) is 0 Å². The molecule has 0 aromatic heterocycles. The molecule has 1 fully saturated rings. The molecule has 0 saturated heterocycles. The number of aryl methyl sites for hydroxylation is 1. The first-order valence-corrected chi connectivity index (χ1v) is 16.9. The molecule has 1 aliphatic rings. The number of esters is 1. The maximum absolute atomic E-state index is 14.6. The zero-order valence-electron chi connectivity index (χ0n) is 29.9. The van der Waals surface area contributed by atoms with Crippen molar-refractivity contribution >= 4 is 23.9 Å². The van der Waals surface area contributed by atoms with Crippen molar-refractivity contribution in [3.05, 3.63) is 71.3 Å². The maximum atomic E-state index is 14.6. The van der Waals surface area contributed by atoms with E-state index in [4.69, 9.17) is 9.47 Å². The van der Waals surface area contributed by atoms with Gasteiger partial charge in [0.1, 0.15) is 29.3 Å². The van der Waals surface area contributed by atoms with Gasteiger partial charge in [-0.15, -0.1) is 0 Å². The van der Waals surface area contributed by atoms with Crippen molar-refractivity contribution in [3.8, 4) is 0 Å². The minimum atomic E-state index is -1.06. The van der Waals surface area contributed by atoms with E-state index < -0.39 is 47.3 Å². The number of hydrogen-bond donors (Lipinski definition) is 2. The van der Waals surface area contributed by atoms with Gasteiger partial charge in [-0.1, -0.05) is 82.3 Å². The number of nitrogens with one attached hydrogen (secondary N) is 2. The number of nitrogens with zero attached hydrogens (tertiary/aromatic N) is 1. The second-order valence-electron chi connectivity index (χ2n) is 15.1. The van der Waals surface area contributed by atoms with E-state index in [1.807, 2.05) is 75.4 Å². The number of hydrogen-bond acceptors (Lipinski definition) is 6. The molecule has 1 saturated carbocycles. The minimum absolute atomic E-state index is 0.0656. The third kappa shape index (κ3) is 11.7. The highest BCUT2D eigenvalue weighted by Gasteiger charge is 2.48. The highest BCUT2D eigenvalue weighted by Crippen LogP contribution is 2.41. The molecule has 9 nitrogen and oxygen atoms in total. The molecular formula is C38H55N3O6. The summed E-state index contributed by atoms with van der Waals surface area (Å²) in [6.45, 7) is 18.7. The lowest BCUT2D eigenvalue weighted by Crippen LogP contribution is -2.56. The van der Waals surface area contributed by atoms with Gasteiger partial charge in [0.05, 0.1) is 0 Å². The summed E-state index contributed by atoms with van der Waals surface area (Å²) in [5.74, 6) is -1.20. The largest absolute Gasteiger partial charge is 0.458 e. The van der Waals surface area contributed by atoms with Crippen LogP contribution in [-0.4, -0.2) is 58.1 Å². The predicted octanol–water partition coefficient (Wildman–Crippen LogP) is 6.54. The molecule has 5 unspecified atom stereocenters. The van der Waals surface area contributed by atoms with Gasteiger partial charge >= 0.3 is 12.1 Å². The minimum Gasteiger partial charge on any atom is -0.458 e. The molecule has 47 heavy (non-hydrogen) atoms. The van der Waals surface area contributed by atoms with Gasteiger partial charge in [0.15, 0.2) is 0 Å². The second-order valence-corrected chi connectivity index (χ2v) is 15.1. The third-order valence-electron chi connectivity index (χ3n) is 7.90. The van der Waals surface area contributed by atoms with Crippen LogP contribution in [0.2, 0.25) is 0 Å². The van der Waals surface area contributed by atoms with Crippen molar-refractivity contribution in [2.24, 2.45) is 11.8 Å². The van der Waals surface area contributed by atoms with Gasteiger partial charge in [-0.05, 0) is 89.3 Å². The van der Waals surface area contributed by atoms with Crippen molar-refractivity contribution in [3.63, 3.8) is 0 Å². The molecule has 1 aliphatic carbocycles. The Morgan fingerprint density at radius 1 is 0.830 bits per heavy atom. The molecule has 2 N–H and O–H groups in total. The standard InChI is InChI=1S/C38H55N3O6/c1-11-26-17-19-28(20-18-26)32(33(42)39-30(35(44)46-37(5,6)7)23-27-15-13-12-14-16-27)41(31-22-25(31)4)34(43)29(21-24(2)3)40-36(45)47-38(8,9)10/h12-20,24-25,29-32H,11,21-23H2,1-10H3,(H,39,42)(H,40,45). The predicted molar refractivity (Wildman–Crippen MR) is 184 cm³/mol. The van der Waals surface area contributed by atoms with E-state index in [1.54, 1.807) is 46.4 Å². The summed E-state index contributed by atoms with van der Waals surface area (Å²) in [4.78, 5) is 57.3. The number of benzene rings is 2. The van der Waals surface area contributed by atoms with Crippen LogP contribution in [0.25, 0.3) is 0 Å². The Labute approximate surface area is 281 Å². The van der Waals surface area contributed by atoms with Crippen LogP contribution < -0.4 is 10.6 Å².